The van der Waals surface area contributed by atoms with E-state index >= 15 is 0 Å². The molecule has 0 bridgehead atoms. The molecule has 7 heteroatoms. The van der Waals surface area contributed by atoms with E-state index in [1.807, 2.05) is 20.8 Å². The maximum Gasteiger partial charge on any atom is 0.339 e. The molecule has 0 aliphatic heterocycles. The fraction of sp³-hybridized carbons (Fsp3) is 0.417. The zero-order chi connectivity index (χ0) is 23.0. The molecule has 0 radical (unpaired) electrons. The summed E-state index contributed by atoms with van der Waals surface area (Å²) in [6.07, 6.45) is 0.357. The molecule has 0 saturated carbocycles. The quantitative estimate of drug-likeness (QED) is 0.361. The predicted molar refractivity (Wildman–Crippen MR) is 123 cm³/mol. The Morgan fingerprint density at radius 2 is 1.55 bits per heavy atom. The number of phenolic OH excluding ortho intramolecular Hbond substituents is 1. The minimum absolute atomic E-state index is 0.0232. The molecule has 6 nitrogen and oxygen atoms in total. The number of phenols is 1. The topological polar surface area (TPSA) is 93.1 Å². The van der Waals surface area contributed by atoms with E-state index in [4.69, 9.17) is 14.6 Å². The van der Waals surface area contributed by atoms with Crippen LogP contribution in [0, 0.1) is 12.3 Å². The average Bonchev–Trinajstić information content (AvgIpc) is 2.69. The summed E-state index contributed by atoms with van der Waals surface area (Å²) in [6, 6.07) is 9.90. The van der Waals surface area contributed by atoms with Crippen molar-refractivity contribution in [3.63, 3.8) is 0 Å². The van der Waals surface area contributed by atoms with E-state index in [2.05, 4.69) is 0 Å². The highest BCUT2D eigenvalue weighted by Gasteiger charge is 2.21. The molecule has 2 N–H and O–H groups in total. The van der Waals surface area contributed by atoms with E-state index in [0.29, 0.717) is 53.8 Å². The predicted octanol–water partition coefficient (Wildman–Crippen LogP) is 5.21. The fourth-order valence-electron chi connectivity index (χ4n) is 2.93. The summed E-state index contributed by atoms with van der Waals surface area (Å²) in [5, 5.41) is 19.6. The van der Waals surface area contributed by atoms with E-state index in [1.54, 1.807) is 49.0 Å². The number of hydrogen-bond donors (Lipinski definition) is 2. The Morgan fingerprint density at radius 1 is 0.935 bits per heavy atom. The maximum absolute atomic E-state index is 12.4. The highest BCUT2D eigenvalue weighted by atomic mass is 32.2. The Kier molecular flexibility index (Phi) is 8.80. The Labute approximate surface area is 187 Å². The maximum atomic E-state index is 12.4. The van der Waals surface area contributed by atoms with Gasteiger partial charge >= 0.3 is 5.97 Å². The van der Waals surface area contributed by atoms with Crippen molar-refractivity contribution in [1.82, 2.24) is 0 Å². The van der Waals surface area contributed by atoms with Crippen LogP contribution < -0.4 is 9.47 Å². The first kappa shape index (κ1) is 24.6. The van der Waals surface area contributed by atoms with Crippen LogP contribution >= 0.6 is 11.8 Å². The summed E-state index contributed by atoms with van der Waals surface area (Å²) in [5.74, 6) is 1.18. The van der Waals surface area contributed by atoms with E-state index in [-0.39, 0.29) is 22.5 Å². The minimum Gasteiger partial charge on any atom is -0.507 e. The second-order valence-corrected chi connectivity index (χ2v) is 9.58. The molecule has 0 spiro atoms. The Bertz CT molecular complexity index is 917. The van der Waals surface area contributed by atoms with E-state index in [1.165, 1.54) is 6.07 Å². The molecule has 2 aromatic carbocycles. The first-order valence-electron chi connectivity index (χ1n) is 10.1. The first-order valence-corrected chi connectivity index (χ1v) is 11.3. The second kappa shape index (κ2) is 11.1. The Morgan fingerprint density at radius 3 is 2.16 bits per heavy atom. The number of carboxylic acid groups (broad SMARTS) is 1. The van der Waals surface area contributed by atoms with Gasteiger partial charge in [0.1, 0.15) is 22.8 Å². The zero-order valence-electron chi connectivity index (χ0n) is 18.4. The molecule has 2 rings (SSSR count). The smallest absolute Gasteiger partial charge is 0.339 e. The molecule has 0 heterocycles. The molecular weight excluding hydrogens is 416 g/mol. The van der Waals surface area contributed by atoms with Crippen molar-refractivity contribution in [2.75, 3.05) is 24.7 Å². The van der Waals surface area contributed by atoms with Gasteiger partial charge in [0.25, 0.3) is 0 Å². The van der Waals surface area contributed by atoms with Crippen molar-refractivity contribution >= 4 is 23.5 Å². The molecule has 2 aromatic rings. The summed E-state index contributed by atoms with van der Waals surface area (Å²) in [5.41, 5.74) is 0.880. The number of hydrogen-bond acceptors (Lipinski definition) is 6. The van der Waals surface area contributed by atoms with Gasteiger partial charge in [0.15, 0.2) is 5.78 Å². The average molecular weight is 447 g/mol. The standard InChI is InChI=1S/C24H30O6S/c1-16-20(10-9-17(22(16)26)19(25)15-24(2,3)4)29-11-13-31-14-12-30-21-8-6-5-7-18(21)23(27)28/h5-10,26H,11-15H2,1-4H3,(H,27,28). The molecule has 0 fully saturated rings. The third-order valence-electron chi connectivity index (χ3n) is 4.46. The summed E-state index contributed by atoms with van der Waals surface area (Å²) in [6.45, 7) is 8.52. The van der Waals surface area contributed by atoms with Gasteiger partial charge in [-0.3, -0.25) is 4.79 Å². The van der Waals surface area contributed by atoms with E-state index in [0.717, 1.165) is 0 Å². The van der Waals surface area contributed by atoms with Gasteiger partial charge in [-0.2, -0.15) is 11.8 Å². The van der Waals surface area contributed by atoms with Crippen molar-refractivity contribution in [2.24, 2.45) is 5.41 Å². The lowest BCUT2D eigenvalue weighted by Gasteiger charge is -2.18. The lowest BCUT2D eigenvalue weighted by atomic mass is 9.87. The van der Waals surface area contributed by atoms with Gasteiger partial charge in [-0.05, 0) is 36.6 Å². The van der Waals surface area contributed by atoms with Crippen LogP contribution in [0.25, 0.3) is 0 Å². The summed E-state index contributed by atoms with van der Waals surface area (Å²) < 4.78 is 11.3. The largest absolute Gasteiger partial charge is 0.507 e. The Balaban J connectivity index is 1.77. The van der Waals surface area contributed by atoms with Gasteiger partial charge in [-0.25, -0.2) is 4.79 Å². The van der Waals surface area contributed by atoms with Crippen LogP contribution in [-0.4, -0.2) is 46.7 Å². The van der Waals surface area contributed by atoms with E-state index < -0.39 is 5.97 Å². The number of ether oxygens (including phenoxy) is 2. The number of carbonyl (C=O) groups excluding carboxylic acids is 1. The number of Topliss-reactive ketones (excluding diaryl/α,β-unsaturated/α-hetero) is 1. The van der Waals surface area contributed by atoms with E-state index in [9.17, 15) is 14.7 Å². The monoisotopic (exact) mass is 446 g/mol. The van der Waals surface area contributed by atoms with Crippen LogP contribution in [0.1, 0.15) is 53.5 Å². The molecular formula is C24H30O6S. The number of aromatic carboxylic acids is 1. The lowest BCUT2D eigenvalue weighted by molar-refractivity contribution is 0.0692. The highest BCUT2D eigenvalue weighted by Crippen LogP contribution is 2.33. The van der Waals surface area contributed by atoms with Gasteiger partial charge in [-0.15, -0.1) is 0 Å². The number of carboxylic acids is 1. The molecule has 31 heavy (non-hydrogen) atoms. The summed E-state index contributed by atoms with van der Waals surface area (Å²) >= 11 is 1.62. The number of thioether (sulfide) groups is 1. The van der Waals surface area contributed by atoms with Crippen LogP contribution in [0.5, 0.6) is 17.2 Å². The van der Waals surface area contributed by atoms with Gasteiger partial charge in [0, 0.05) is 23.5 Å². The van der Waals surface area contributed by atoms with Gasteiger partial charge in [0.05, 0.1) is 18.8 Å². The molecule has 168 valence electrons. The summed E-state index contributed by atoms with van der Waals surface area (Å²) in [4.78, 5) is 23.6. The van der Waals surface area contributed by atoms with Gasteiger partial charge in [-0.1, -0.05) is 32.9 Å². The van der Waals surface area contributed by atoms with Gasteiger partial charge < -0.3 is 19.7 Å². The van der Waals surface area contributed by atoms with Crippen LogP contribution in [0.4, 0.5) is 0 Å². The second-order valence-electron chi connectivity index (χ2n) is 8.36. The third kappa shape index (κ3) is 7.51. The van der Waals surface area contributed by atoms with Crippen molar-refractivity contribution < 1.29 is 29.3 Å². The van der Waals surface area contributed by atoms with Crippen LogP contribution in [-0.2, 0) is 0 Å². The molecule has 0 aromatic heterocycles. The molecule has 0 aliphatic rings. The SMILES string of the molecule is Cc1c(OCCSCCOc2ccccc2C(=O)O)ccc(C(=O)CC(C)(C)C)c1O. The van der Waals surface area contributed by atoms with Crippen LogP contribution in [0.2, 0.25) is 0 Å². The van der Waals surface area contributed by atoms with Crippen molar-refractivity contribution in [3.8, 4) is 17.2 Å². The number of ketones is 1. The molecule has 0 atom stereocenters. The lowest BCUT2D eigenvalue weighted by Crippen LogP contribution is -2.13. The molecule has 0 amide bonds. The number of carbonyl (C=O) groups is 2. The third-order valence-corrected chi connectivity index (χ3v) is 5.37. The van der Waals surface area contributed by atoms with Crippen LogP contribution in [0.15, 0.2) is 36.4 Å². The fourth-order valence-corrected chi connectivity index (χ4v) is 3.54. The van der Waals surface area contributed by atoms with Crippen molar-refractivity contribution in [3.05, 3.63) is 53.1 Å². The molecule has 0 aliphatic carbocycles. The zero-order valence-corrected chi connectivity index (χ0v) is 19.3. The molecule has 0 unspecified atom stereocenters. The molecule has 0 saturated heterocycles. The Hall–Kier alpha value is -2.67. The van der Waals surface area contributed by atoms with Crippen LogP contribution in [0.3, 0.4) is 0 Å². The number of benzene rings is 2. The van der Waals surface area contributed by atoms with Gasteiger partial charge in [0.2, 0.25) is 0 Å². The van der Waals surface area contributed by atoms with Crippen molar-refractivity contribution in [2.45, 2.75) is 34.1 Å². The van der Waals surface area contributed by atoms with Crippen molar-refractivity contribution in [1.29, 1.82) is 0 Å². The summed E-state index contributed by atoms with van der Waals surface area (Å²) in [7, 11) is 0. The number of aromatic hydroxyl groups is 1. The normalized spacial score (nSPS) is 11.2. The number of para-hydroxylation sites is 1. The first-order chi connectivity index (χ1) is 14.6. The minimum atomic E-state index is -1.01. The highest BCUT2D eigenvalue weighted by molar-refractivity contribution is 7.99. The number of rotatable bonds is 11.